The molecule has 0 rings (SSSR count). The van der Waals surface area contributed by atoms with Crippen molar-refractivity contribution in [2.75, 3.05) is 0 Å². The topological polar surface area (TPSA) is 121 Å². The minimum atomic E-state index is -2.44. The number of hydrogen-bond donors (Lipinski definition) is 2. The second-order valence-corrected chi connectivity index (χ2v) is 1.53. The molecule has 0 spiro atoms. The fraction of sp³-hybridized carbons (Fsp3) is 0.500. The van der Waals surface area contributed by atoms with Crippen LogP contribution in [0.3, 0.4) is 0 Å². The van der Waals surface area contributed by atoms with Gasteiger partial charge in [-0.1, -0.05) is 0 Å². The second-order valence-electron chi connectivity index (χ2n) is 1.53. The molecule has 6 nitrogen and oxygen atoms in total. The Balaban J connectivity index is -0.000000405. The normalized spacial score (nSPS) is 13.2. The van der Waals surface area contributed by atoms with Crippen LogP contribution in [0.25, 0.3) is 0 Å². The SMILES string of the molecule is O=C([O-])C(O)C(O)C(=O)[O-].[K+].[Ti+2]. The zero-order valence-electron chi connectivity index (χ0n) is 6.18. The Hall–Kier alpha value is 1.21. The van der Waals surface area contributed by atoms with Crippen molar-refractivity contribution in [2.45, 2.75) is 12.2 Å². The van der Waals surface area contributed by atoms with E-state index in [4.69, 9.17) is 10.2 Å². The third-order valence-electron chi connectivity index (χ3n) is 0.782. The van der Waals surface area contributed by atoms with Gasteiger partial charge in [-0.05, 0) is 0 Å². The Kier molecular flexibility index (Phi) is 13.8. The van der Waals surface area contributed by atoms with Crippen molar-refractivity contribution in [2.24, 2.45) is 0 Å². The molecule has 0 saturated heterocycles. The van der Waals surface area contributed by atoms with Crippen LogP contribution in [0.5, 0.6) is 0 Å². The van der Waals surface area contributed by atoms with Crippen LogP contribution < -0.4 is 61.6 Å². The first kappa shape index (κ1) is 18.9. The second kappa shape index (κ2) is 8.79. The van der Waals surface area contributed by atoms with Gasteiger partial charge in [-0.3, -0.25) is 0 Å². The van der Waals surface area contributed by atoms with Gasteiger partial charge in [-0.25, -0.2) is 0 Å². The molecule has 0 aliphatic heterocycles. The van der Waals surface area contributed by atoms with E-state index in [0.29, 0.717) is 0 Å². The number of carbonyl (C=O) groups excluding carboxylic acids is 2. The molecule has 0 radical (unpaired) electrons. The van der Waals surface area contributed by atoms with Gasteiger partial charge >= 0.3 is 73.1 Å². The van der Waals surface area contributed by atoms with Crippen LogP contribution in [0.15, 0.2) is 0 Å². The predicted octanol–water partition coefficient (Wildman–Crippen LogP) is -7.79. The molecule has 0 aromatic rings. The maximum Gasteiger partial charge on any atom is 2.00 e. The number of rotatable bonds is 3. The standard InChI is InChI=1S/C4H6O6.K.Ti/c5-1(3(7)8)2(6)4(9)10;;/h1-2,5-6H,(H,7,8)(H,9,10);;/q;+1;+2/p-2. The number of hydrogen-bond acceptors (Lipinski definition) is 6. The molecule has 2 atom stereocenters. The van der Waals surface area contributed by atoms with Gasteiger partial charge in [0.25, 0.3) is 0 Å². The summed E-state index contributed by atoms with van der Waals surface area (Å²) in [5.74, 6) is -4.12. The largest absolute Gasteiger partial charge is 2.00 e. The first-order valence-corrected chi connectivity index (χ1v) is 2.24. The van der Waals surface area contributed by atoms with Gasteiger partial charge in [-0.15, -0.1) is 0 Å². The van der Waals surface area contributed by atoms with Crippen molar-refractivity contribution in [1.82, 2.24) is 0 Å². The fourth-order valence-electron chi connectivity index (χ4n) is 0.258. The average Bonchev–Trinajstić information content (AvgIpc) is 1.84. The molecule has 0 saturated carbocycles. The maximum atomic E-state index is 9.63. The smallest absolute Gasteiger partial charge is 0.547 e. The summed E-state index contributed by atoms with van der Waals surface area (Å²) >= 11 is 0. The van der Waals surface area contributed by atoms with Crippen molar-refractivity contribution in [1.29, 1.82) is 0 Å². The zero-order chi connectivity index (χ0) is 8.31. The minimum absolute atomic E-state index is 0. The van der Waals surface area contributed by atoms with Crippen LogP contribution >= 0.6 is 0 Å². The number of carboxylic acid groups (broad SMARTS) is 2. The van der Waals surface area contributed by atoms with E-state index in [9.17, 15) is 19.8 Å². The predicted molar refractivity (Wildman–Crippen MR) is 22.0 cm³/mol. The summed E-state index contributed by atoms with van der Waals surface area (Å²) in [5, 5.41) is 35.7. The first-order chi connectivity index (χ1) is 4.46. The van der Waals surface area contributed by atoms with Crippen LogP contribution in [0.1, 0.15) is 0 Å². The summed E-state index contributed by atoms with van der Waals surface area (Å²) < 4.78 is 0. The number of aliphatic hydroxyl groups excluding tert-OH is 2. The minimum Gasteiger partial charge on any atom is -0.547 e. The van der Waals surface area contributed by atoms with E-state index in [1.165, 1.54) is 0 Å². The Morgan fingerprint density at radius 2 is 1.17 bits per heavy atom. The van der Waals surface area contributed by atoms with E-state index in [2.05, 4.69) is 0 Å². The zero-order valence-corrected chi connectivity index (χ0v) is 10.9. The van der Waals surface area contributed by atoms with Gasteiger partial charge < -0.3 is 30.0 Å². The summed E-state index contributed by atoms with van der Waals surface area (Å²) in [4.78, 5) is 19.3. The van der Waals surface area contributed by atoms with Crippen molar-refractivity contribution >= 4 is 11.9 Å². The van der Waals surface area contributed by atoms with Crippen LogP contribution in [0, 0.1) is 0 Å². The Morgan fingerprint density at radius 1 is 1.00 bits per heavy atom. The van der Waals surface area contributed by atoms with E-state index in [1.807, 2.05) is 0 Å². The molecule has 2 N–H and O–H groups in total. The van der Waals surface area contributed by atoms with Gasteiger partial charge in [0.2, 0.25) is 0 Å². The van der Waals surface area contributed by atoms with Gasteiger partial charge in [0.15, 0.2) is 0 Å². The van der Waals surface area contributed by atoms with Crippen molar-refractivity contribution in [3.05, 3.63) is 0 Å². The molecule has 0 fully saturated rings. The number of carboxylic acids is 2. The first-order valence-electron chi connectivity index (χ1n) is 2.24. The summed E-state index contributed by atoms with van der Waals surface area (Å²) in [6, 6.07) is 0. The molecular formula is C4H4KO6Ti+. The molecule has 0 amide bonds. The molecule has 2 unspecified atom stereocenters. The quantitative estimate of drug-likeness (QED) is 0.468. The van der Waals surface area contributed by atoms with Gasteiger partial charge in [-0.2, -0.15) is 0 Å². The number of carbonyl (C=O) groups is 2. The molecule has 0 heterocycles. The average molecular weight is 235 g/mol. The van der Waals surface area contributed by atoms with Crippen molar-refractivity contribution in [3.63, 3.8) is 0 Å². The third kappa shape index (κ3) is 6.70. The molecule has 60 valence electrons. The molecule has 0 aromatic carbocycles. The van der Waals surface area contributed by atoms with Crippen molar-refractivity contribution in [3.8, 4) is 0 Å². The summed E-state index contributed by atoms with van der Waals surface area (Å²) in [5.41, 5.74) is 0. The van der Waals surface area contributed by atoms with Crippen LogP contribution in [-0.2, 0) is 31.3 Å². The number of aliphatic carboxylic acids is 2. The van der Waals surface area contributed by atoms with E-state index >= 15 is 0 Å². The van der Waals surface area contributed by atoms with E-state index in [1.54, 1.807) is 0 Å². The molecule has 12 heavy (non-hydrogen) atoms. The maximum absolute atomic E-state index is 9.63. The van der Waals surface area contributed by atoms with E-state index < -0.39 is 24.1 Å². The molecule has 0 bridgehead atoms. The number of aliphatic hydroxyl groups is 2. The molecule has 0 aliphatic rings. The van der Waals surface area contributed by atoms with Gasteiger partial charge in [0.1, 0.15) is 12.2 Å². The monoisotopic (exact) mass is 235 g/mol. The molecule has 0 aromatic heterocycles. The Labute approximate surface area is 125 Å². The van der Waals surface area contributed by atoms with Crippen LogP contribution in [0.2, 0.25) is 0 Å². The van der Waals surface area contributed by atoms with E-state index in [-0.39, 0.29) is 73.1 Å². The van der Waals surface area contributed by atoms with Crippen LogP contribution in [0.4, 0.5) is 0 Å². The van der Waals surface area contributed by atoms with Crippen molar-refractivity contribution < 1.29 is 103 Å². The Bertz CT molecular complexity index is 144. The van der Waals surface area contributed by atoms with Crippen LogP contribution in [-0.4, -0.2) is 34.4 Å². The molecule has 8 heteroatoms. The van der Waals surface area contributed by atoms with Gasteiger partial charge in [0, 0.05) is 0 Å². The van der Waals surface area contributed by atoms with Gasteiger partial charge in [0.05, 0.1) is 11.9 Å². The van der Waals surface area contributed by atoms with E-state index in [0.717, 1.165) is 0 Å². The summed E-state index contributed by atoms with van der Waals surface area (Å²) in [7, 11) is 0. The molecular weight excluding hydrogens is 231 g/mol. The summed E-state index contributed by atoms with van der Waals surface area (Å²) in [6.07, 6.45) is -4.88. The fourth-order valence-corrected chi connectivity index (χ4v) is 0.258. The molecule has 0 aliphatic carbocycles. The Morgan fingerprint density at radius 3 is 1.25 bits per heavy atom. The third-order valence-corrected chi connectivity index (χ3v) is 0.782. The summed E-state index contributed by atoms with van der Waals surface area (Å²) in [6.45, 7) is 0.